The van der Waals surface area contributed by atoms with Gasteiger partial charge in [-0.2, -0.15) is 0 Å². The molecule has 2 aromatic carbocycles. The van der Waals surface area contributed by atoms with E-state index in [-0.39, 0.29) is 41.7 Å². The van der Waals surface area contributed by atoms with Crippen LogP contribution in [0, 0.1) is 5.82 Å². The van der Waals surface area contributed by atoms with Crippen LogP contribution in [0.1, 0.15) is 67.6 Å². The predicted octanol–water partition coefficient (Wildman–Crippen LogP) is 3.70. The molecule has 3 N–H and O–H groups in total. The number of nitrogens with zero attached hydrogens (tertiary/aromatic N) is 1. The Labute approximate surface area is 195 Å². The first-order valence-electron chi connectivity index (χ1n) is 11.5. The molecule has 1 fully saturated rings. The van der Waals surface area contributed by atoms with Gasteiger partial charge in [0.05, 0.1) is 6.54 Å². The number of nitrogens with one attached hydrogen (secondary N) is 3. The van der Waals surface area contributed by atoms with Gasteiger partial charge < -0.3 is 10.2 Å². The molecule has 2 amide bonds. The van der Waals surface area contributed by atoms with Gasteiger partial charge in [-0.1, -0.05) is 45.0 Å². The van der Waals surface area contributed by atoms with Crippen molar-refractivity contribution in [1.29, 1.82) is 0 Å². The number of carbonyl (C=O) groups excluding carboxylic acids is 2. The number of likely N-dealkylation sites (N-methyl/N-ethyl adjacent to an activating group) is 1. The molecule has 7 heteroatoms. The standard InChI is InChI=1S/C26H35FN4O2/c1-26(2,3)20-12-10-18(11-13-20)25(33)28-17-24(32)31(4)14-6-9-22-16-23(30-29-22)19-7-5-8-21(27)15-19/h5,7-8,10-13,15,22-23,29-30H,6,9,14,16-17H2,1-4H3,(H,28,33). The van der Waals surface area contributed by atoms with Gasteiger partial charge in [-0.15, -0.1) is 0 Å². The van der Waals surface area contributed by atoms with E-state index in [9.17, 15) is 14.0 Å². The monoisotopic (exact) mass is 454 g/mol. The maximum atomic E-state index is 13.4. The van der Waals surface area contributed by atoms with Gasteiger partial charge >= 0.3 is 0 Å². The molecule has 0 spiro atoms. The normalized spacial score (nSPS) is 18.2. The topological polar surface area (TPSA) is 73.5 Å². The first kappa shape index (κ1) is 24.9. The number of hydrogen-bond donors (Lipinski definition) is 3. The quantitative estimate of drug-likeness (QED) is 0.569. The number of rotatable bonds is 8. The summed E-state index contributed by atoms with van der Waals surface area (Å²) in [5, 5.41) is 2.71. The third-order valence-corrected chi connectivity index (χ3v) is 6.12. The van der Waals surface area contributed by atoms with Gasteiger partial charge in [0.15, 0.2) is 0 Å². The average Bonchev–Trinajstić information content (AvgIpc) is 3.25. The second kappa shape index (κ2) is 10.9. The van der Waals surface area contributed by atoms with Crippen LogP contribution < -0.4 is 16.2 Å². The second-order valence-electron chi connectivity index (χ2n) is 9.80. The lowest BCUT2D eigenvalue weighted by Gasteiger charge is -2.19. The molecular formula is C26H35FN4O2. The van der Waals surface area contributed by atoms with Crippen molar-refractivity contribution in [2.24, 2.45) is 0 Å². The van der Waals surface area contributed by atoms with E-state index in [1.807, 2.05) is 18.2 Å². The van der Waals surface area contributed by atoms with Crippen molar-refractivity contribution in [3.05, 3.63) is 71.0 Å². The third-order valence-electron chi connectivity index (χ3n) is 6.12. The molecule has 1 aliphatic rings. The number of benzene rings is 2. The van der Waals surface area contributed by atoms with Gasteiger partial charge in [0, 0.05) is 31.2 Å². The van der Waals surface area contributed by atoms with E-state index in [1.165, 1.54) is 6.07 Å². The van der Waals surface area contributed by atoms with Crippen LogP contribution in [0.15, 0.2) is 48.5 Å². The highest BCUT2D eigenvalue weighted by atomic mass is 19.1. The Hall–Kier alpha value is -2.77. The van der Waals surface area contributed by atoms with Gasteiger partial charge in [0.25, 0.3) is 5.91 Å². The van der Waals surface area contributed by atoms with E-state index in [0.717, 1.165) is 30.4 Å². The zero-order chi connectivity index (χ0) is 24.0. The van der Waals surface area contributed by atoms with Crippen LogP contribution in [0.5, 0.6) is 0 Å². The van der Waals surface area contributed by atoms with Crippen molar-refractivity contribution in [3.63, 3.8) is 0 Å². The lowest BCUT2D eigenvalue weighted by atomic mass is 9.87. The Morgan fingerprint density at radius 2 is 1.85 bits per heavy atom. The molecule has 33 heavy (non-hydrogen) atoms. The summed E-state index contributed by atoms with van der Waals surface area (Å²) in [5.74, 6) is -0.599. The van der Waals surface area contributed by atoms with Crippen LogP contribution in [0.25, 0.3) is 0 Å². The summed E-state index contributed by atoms with van der Waals surface area (Å²) < 4.78 is 13.4. The summed E-state index contributed by atoms with van der Waals surface area (Å²) >= 11 is 0. The Morgan fingerprint density at radius 3 is 2.52 bits per heavy atom. The molecule has 2 atom stereocenters. The fraction of sp³-hybridized carbons (Fsp3) is 0.462. The van der Waals surface area contributed by atoms with Crippen LogP contribution in [0.2, 0.25) is 0 Å². The van der Waals surface area contributed by atoms with E-state index < -0.39 is 0 Å². The van der Waals surface area contributed by atoms with E-state index in [2.05, 4.69) is 36.9 Å². The predicted molar refractivity (Wildman–Crippen MR) is 128 cm³/mol. The first-order chi connectivity index (χ1) is 15.6. The number of hydrazine groups is 1. The van der Waals surface area contributed by atoms with Crippen molar-refractivity contribution in [1.82, 2.24) is 21.1 Å². The molecule has 0 aromatic heterocycles. The molecule has 178 valence electrons. The molecule has 0 saturated carbocycles. The third kappa shape index (κ3) is 7.11. The summed E-state index contributed by atoms with van der Waals surface area (Å²) in [7, 11) is 1.75. The molecular weight excluding hydrogens is 419 g/mol. The fourth-order valence-corrected chi connectivity index (χ4v) is 3.97. The highest BCUT2D eigenvalue weighted by molar-refractivity contribution is 5.96. The highest BCUT2D eigenvalue weighted by Crippen LogP contribution is 2.25. The van der Waals surface area contributed by atoms with Gasteiger partial charge in [-0.25, -0.2) is 4.39 Å². The van der Waals surface area contributed by atoms with Gasteiger partial charge in [0.1, 0.15) is 5.82 Å². The molecule has 2 aromatic rings. The van der Waals surface area contributed by atoms with E-state index in [1.54, 1.807) is 36.2 Å². The maximum absolute atomic E-state index is 13.4. The van der Waals surface area contributed by atoms with Crippen LogP contribution in [0.4, 0.5) is 4.39 Å². The molecule has 0 radical (unpaired) electrons. The Morgan fingerprint density at radius 1 is 1.12 bits per heavy atom. The zero-order valence-electron chi connectivity index (χ0n) is 20.0. The number of halogens is 1. The molecule has 3 rings (SSSR count). The summed E-state index contributed by atoms with van der Waals surface area (Å²) in [6.07, 6.45) is 2.59. The van der Waals surface area contributed by atoms with Crippen LogP contribution in [0.3, 0.4) is 0 Å². The minimum atomic E-state index is -0.248. The number of carbonyl (C=O) groups is 2. The summed E-state index contributed by atoms with van der Waals surface area (Å²) in [6, 6.07) is 14.5. The van der Waals surface area contributed by atoms with Crippen molar-refractivity contribution in [3.8, 4) is 0 Å². The van der Waals surface area contributed by atoms with Crippen LogP contribution in [-0.4, -0.2) is 42.9 Å². The molecule has 2 unspecified atom stereocenters. The smallest absolute Gasteiger partial charge is 0.251 e. The summed E-state index contributed by atoms with van der Waals surface area (Å²) in [4.78, 5) is 26.4. The lowest BCUT2D eigenvalue weighted by Crippen LogP contribution is -2.39. The first-order valence-corrected chi connectivity index (χ1v) is 11.5. The summed E-state index contributed by atoms with van der Waals surface area (Å²) in [6.45, 7) is 6.95. The van der Waals surface area contributed by atoms with Crippen molar-refractivity contribution in [2.45, 2.75) is 57.5 Å². The Balaban J connectivity index is 1.36. The van der Waals surface area contributed by atoms with Gasteiger partial charge in [0.2, 0.25) is 5.91 Å². The fourth-order valence-electron chi connectivity index (χ4n) is 3.97. The van der Waals surface area contributed by atoms with Crippen LogP contribution >= 0.6 is 0 Å². The SMILES string of the molecule is CN(CCCC1CC(c2cccc(F)c2)NN1)C(=O)CNC(=O)c1ccc(C(C)(C)C)cc1. The molecule has 1 aliphatic heterocycles. The molecule has 0 bridgehead atoms. The minimum Gasteiger partial charge on any atom is -0.344 e. The van der Waals surface area contributed by atoms with Gasteiger partial charge in [-0.3, -0.25) is 20.4 Å². The molecule has 1 heterocycles. The number of amides is 2. The second-order valence-corrected chi connectivity index (χ2v) is 9.80. The maximum Gasteiger partial charge on any atom is 0.251 e. The molecule has 1 saturated heterocycles. The van der Waals surface area contributed by atoms with Gasteiger partial charge in [-0.05, 0) is 60.1 Å². The van der Waals surface area contributed by atoms with E-state index >= 15 is 0 Å². The van der Waals surface area contributed by atoms with Crippen molar-refractivity contribution >= 4 is 11.8 Å². The highest BCUT2D eigenvalue weighted by Gasteiger charge is 2.25. The lowest BCUT2D eigenvalue weighted by molar-refractivity contribution is -0.128. The zero-order valence-corrected chi connectivity index (χ0v) is 20.0. The largest absolute Gasteiger partial charge is 0.344 e. The van der Waals surface area contributed by atoms with Crippen molar-refractivity contribution < 1.29 is 14.0 Å². The molecule has 0 aliphatic carbocycles. The average molecular weight is 455 g/mol. The molecule has 6 nitrogen and oxygen atoms in total. The minimum absolute atomic E-state index is 0.0259. The van der Waals surface area contributed by atoms with Crippen molar-refractivity contribution in [2.75, 3.05) is 20.1 Å². The van der Waals surface area contributed by atoms with E-state index in [0.29, 0.717) is 12.1 Å². The van der Waals surface area contributed by atoms with E-state index in [4.69, 9.17) is 0 Å². The Kier molecular flexibility index (Phi) is 8.21. The number of hydrogen-bond acceptors (Lipinski definition) is 4. The van der Waals surface area contributed by atoms with Crippen LogP contribution in [-0.2, 0) is 10.2 Å². The Bertz CT molecular complexity index is 956. The summed E-state index contributed by atoms with van der Waals surface area (Å²) in [5.41, 5.74) is 9.15.